The van der Waals surface area contributed by atoms with Gasteiger partial charge < -0.3 is 20.7 Å². The number of nitrogens with one attached hydrogen (secondary N) is 1. The Labute approximate surface area is 106 Å². The Morgan fingerprint density at radius 1 is 1.50 bits per heavy atom. The number of nitrogens with two attached hydrogens (primary N) is 1. The Morgan fingerprint density at radius 2 is 2.22 bits per heavy atom. The molecule has 98 valence electrons. The van der Waals surface area contributed by atoms with Gasteiger partial charge in [0.15, 0.2) is 0 Å². The molecule has 18 heavy (non-hydrogen) atoms. The van der Waals surface area contributed by atoms with Gasteiger partial charge in [0.05, 0.1) is 11.8 Å². The van der Waals surface area contributed by atoms with E-state index in [0.717, 1.165) is 25.7 Å². The van der Waals surface area contributed by atoms with Crippen molar-refractivity contribution in [3.8, 4) is 0 Å². The second-order valence-electron chi connectivity index (χ2n) is 5.50. The van der Waals surface area contributed by atoms with Crippen LogP contribution in [0.25, 0.3) is 0 Å². The van der Waals surface area contributed by atoms with E-state index in [1.165, 1.54) is 0 Å². The minimum atomic E-state index is -0.169. The molecule has 1 aromatic heterocycles. The molecular weight excluding hydrogens is 230 g/mol. The van der Waals surface area contributed by atoms with Crippen LogP contribution in [0.4, 0.5) is 5.69 Å². The highest BCUT2D eigenvalue weighted by Crippen LogP contribution is 2.37. The smallest absolute Gasteiger partial charge is 0.268 e. The predicted molar refractivity (Wildman–Crippen MR) is 68.2 cm³/mol. The molecule has 0 aliphatic heterocycles. The lowest BCUT2D eigenvalue weighted by Crippen LogP contribution is -2.38. The lowest BCUT2D eigenvalue weighted by molar-refractivity contribution is 0.0419. The SMILES string of the molecule is Nc1cc(C(=O)NCC2CC(O)C2)n(C2CC2)c1. The quantitative estimate of drug-likeness (QED) is 0.742. The summed E-state index contributed by atoms with van der Waals surface area (Å²) >= 11 is 0. The van der Waals surface area contributed by atoms with Gasteiger partial charge in [0.25, 0.3) is 5.91 Å². The molecule has 5 nitrogen and oxygen atoms in total. The number of aliphatic hydroxyl groups is 1. The highest BCUT2D eigenvalue weighted by molar-refractivity contribution is 5.93. The zero-order valence-electron chi connectivity index (χ0n) is 10.3. The van der Waals surface area contributed by atoms with Gasteiger partial charge in [-0.15, -0.1) is 0 Å². The Kier molecular flexibility index (Phi) is 2.78. The van der Waals surface area contributed by atoms with Gasteiger partial charge in [-0.25, -0.2) is 0 Å². The number of nitrogen functional groups attached to an aromatic ring is 1. The molecule has 2 saturated carbocycles. The maximum Gasteiger partial charge on any atom is 0.268 e. The molecular formula is C13H19N3O2. The van der Waals surface area contributed by atoms with Crippen LogP contribution in [0.2, 0.25) is 0 Å². The van der Waals surface area contributed by atoms with Crippen LogP contribution >= 0.6 is 0 Å². The number of amides is 1. The van der Waals surface area contributed by atoms with E-state index in [0.29, 0.717) is 29.9 Å². The van der Waals surface area contributed by atoms with Crippen LogP contribution in [0.5, 0.6) is 0 Å². The number of carbonyl (C=O) groups excluding carboxylic acids is 1. The first-order valence-electron chi connectivity index (χ1n) is 6.57. The molecule has 3 rings (SSSR count). The van der Waals surface area contributed by atoms with Crippen LogP contribution in [-0.4, -0.2) is 28.2 Å². The zero-order valence-corrected chi connectivity index (χ0v) is 10.3. The predicted octanol–water partition coefficient (Wildman–Crippen LogP) is 0.906. The van der Waals surface area contributed by atoms with Gasteiger partial charge in [0.2, 0.25) is 0 Å². The number of nitrogens with zero attached hydrogens (tertiary/aromatic N) is 1. The van der Waals surface area contributed by atoms with Crippen molar-refractivity contribution in [1.82, 2.24) is 9.88 Å². The number of anilines is 1. The van der Waals surface area contributed by atoms with E-state index in [9.17, 15) is 9.90 Å². The number of aliphatic hydroxyl groups excluding tert-OH is 1. The third-order valence-electron chi connectivity index (χ3n) is 3.80. The molecule has 2 aliphatic rings. The number of rotatable bonds is 4. The van der Waals surface area contributed by atoms with Gasteiger partial charge in [-0.1, -0.05) is 0 Å². The van der Waals surface area contributed by atoms with Crippen molar-refractivity contribution >= 4 is 11.6 Å². The highest BCUT2D eigenvalue weighted by atomic mass is 16.3. The van der Waals surface area contributed by atoms with Crippen LogP contribution in [0.1, 0.15) is 42.2 Å². The molecule has 0 unspecified atom stereocenters. The van der Waals surface area contributed by atoms with Crippen LogP contribution < -0.4 is 11.1 Å². The summed E-state index contributed by atoms with van der Waals surface area (Å²) in [4.78, 5) is 12.1. The third-order valence-corrected chi connectivity index (χ3v) is 3.80. The largest absolute Gasteiger partial charge is 0.397 e. The minimum Gasteiger partial charge on any atom is -0.397 e. The Morgan fingerprint density at radius 3 is 2.83 bits per heavy atom. The first-order valence-corrected chi connectivity index (χ1v) is 6.57. The lowest BCUT2D eigenvalue weighted by atomic mass is 9.82. The van der Waals surface area contributed by atoms with Gasteiger partial charge in [0.1, 0.15) is 5.69 Å². The molecule has 4 N–H and O–H groups in total. The van der Waals surface area contributed by atoms with E-state index in [1.807, 2.05) is 10.8 Å². The molecule has 0 saturated heterocycles. The summed E-state index contributed by atoms with van der Waals surface area (Å²) in [6, 6.07) is 2.19. The number of carbonyl (C=O) groups is 1. The molecule has 0 aromatic carbocycles. The van der Waals surface area contributed by atoms with E-state index < -0.39 is 0 Å². The summed E-state index contributed by atoms with van der Waals surface area (Å²) in [6.07, 6.45) is 5.53. The minimum absolute atomic E-state index is 0.0556. The first-order chi connectivity index (χ1) is 8.63. The first kappa shape index (κ1) is 11.6. The van der Waals surface area contributed by atoms with Crippen molar-refractivity contribution in [1.29, 1.82) is 0 Å². The van der Waals surface area contributed by atoms with Gasteiger partial charge in [-0.3, -0.25) is 4.79 Å². The van der Waals surface area contributed by atoms with Gasteiger partial charge in [-0.05, 0) is 37.7 Å². The molecule has 0 atom stereocenters. The summed E-state index contributed by atoms with van der Waals surface area (Å²) in [5.41, 5.74) is 7.07. The van der Waals surface area contributed by atoms with Crippen molar-refractivity contribution in [3.63, 3.8) is 0 Å². The number of hydrogen-bond donors (Lipinski definition) is 3. The second kappa shape index (κ2) is 4.31. The van der Waals surface area contributed by atoms with E-state index in [4.69, 9.17) is 5.73 Å². The van der Waals surface area contributed by atoms with Crippen LogP contribution in [0, 0.1) is 5.92 Å². The normalized spacial score (nSPS) is 26.7. The van der Waals surface area contributed by atoms with E-state index in [-0.39, 0.29) is 12.0 Å². The van der Waals surface area contributed by atoms with Crippen molar-refractivity contribution in [2.45, 2.75) is 37.8 Å². The van der Waals surface area contributed by atoms with Gasteiger partial charge in [0, 0.05) is 18.8 Å². The second-order valence-corrected chi connectivity index (χ2v) is 5.50. The van der Waals surface area contributed by atoms with Crippen molar-refractivity contribution in [3.05, 3.63) is 18.0 Å². The van der Waals surface area contributed by atoms with Crippen molar-refractivity contribution < 1.29 is 9.90 Å². The Balaban J connectivity index is 1.61. The molecule has 1 heterocycles. The van der Waals surface area contributed by atoms with Crippen LogP contribution in [0.15, 0.2) is 12.3 Å². The van der Waals surface area contributed by atoms with Crippen LogP contribution in [0.3, 0.4) is 0 Å². The van der Waals surface area contributed by atoms with E-state index >= 15 is 0 Å². The fourth-order valence-corrected chi connectivity index (χ4v) is 2.53. The van der Waals surface area contributed by atoms with Gasteiger partial charge >= 0.3 is 0 Å². The Hall–Kier alpha value is -1.49. The molecule has 0 bridgehead atoms. The number of hydrogen-bond acceptors (Lipinski definition) is 3. The molecule has 0 radical (unpaired) electrons. The molecule has 1 aromatic rings. The van der Waals surface area contributed by atoms with E-state index in [1.54, 1.807) is 6.07 Å². The third kappa shape index (κ3) is 2.22. The fourth-order valence-electron chi connectivity index (χ4n) is 2.53. The molecule has 5 heteroatoms. The van der Waals surface area contributed by atoms with Crippen LogP contribution in [-0.2, 0) is 0 Å². The lowest BCUT2D eigenvalue weighted by Gasteiger charge is -2.31. The maximum absolute atomic E-state index is 12.1. The summed E-state index contributed by atoms with van der Waals surface area (Å²) in [5, 5.41) is 12.1. The number of aromatic nitrogens is 1. The van der Waals surface area contributed by atoms with E-state index in [2.05, 4.69) is 5.32 Å². The summed E-state index contributed by atoms with van der Waals surface area (Å²) in [7, 11) is 0. The molecule has 2 aliphatic carbocycles. The Bertz CT molecular complexity index is 459. The molecule has 1 amide bonds. The average Bonchev–Trinajstić information content (AvgIpc) is 3.06. The standard InChI is InChI=1S/C13H19N3O2/c14-9-5-12(16(7-9)10-1-2-10)13(18)15-6-8-3-11(17)4-8/h5,7-8,10-11,17H,1-4,6,14H2,(H,15,18). The molecule has 0 spiro atoms. The van der Waals surface area contributed by atoms with Gasteiger partial charge in [-0.2, -0.15) is 0 Å². The average molecular weight is 249 g/mol. The summed E-state index contributed by atoms with van der Waals surface area (Å²) in [6.45, 7) is 0.644. The highest BCUT2D eigenvalue weighted by Gasteiger charge is 2.30. The maximum atomic E-state index is 12.1. The van der Waals surface area contributed by atoms with Crippen molar-refractivity contribution in [2.24, 2.45) is 5.92 Å². The monoisotopic (exact) mass is 249 g/mol. The topological polar surface area (TPSA) is 80.3 Å². The van der Waals surface area contributed by atoms with Crippen molar-refractivity contribution in [2.75, 3.05) is 12.3 Å². The zero-order chi connectivity index (χ0) is 12.7. The fraction of sp³-hybridized carbons (Fsp3) is 0.615. The molecule has 2 fully saturated rings. The summed E-state index contributed by atoms with van der Waals surface area (Å²) < 4.78 is 1.99. The summed E-state index contributed by atoms with van der Waals surface area (Å²) in [5.74, 6) is 0.366.